The maximum absolute atomic E-state index is 2.47. The van der Waals surface area contributed by atoms with Crippen LogP contribution in [-0.2, 0) is 0 Å². The fourth-order valence-electron chi connectivity index (χ4n) is 13.8. The first-order valence-corrected chi connectivity index (χ1v) is 30.9. The molecule has 0 amide bonds. The highest BCUT2D eigenvalue weighted by atomic mass is 15.2. The van der Waals surface area contributed by atoms with Gasteiger partial charge in [0.2, 0.25) is 0 Å². The number of aromatic nitrogens is 2. The van der Waals surface area contributed by atoms with Gasteiger partial charge in [-0.2, -0.15) is 0 Å². The molecule has 17 rings (SSSR count). The summed E-state index contributed by atoms with van der Waals surface area (Å²) in [6.45, 7) is 0. The van der Waals surface area contributed by atoms with E-state index in [2.05, 4.69) is 371 Å². The number of nitrogens with zero attached hydrogens (tertiary/aromatic N) is 4. The van der Waals surface area contributed by atoms with Crippen LogP contribution in [0, 0.1) is 0 Å². The van der Waals surface area contributed by atoms with Gasteiger partial charge in [-0.3, -0.25) is 0 Å². The molecule has 0 spiro atoms. The molecule has 0 fully saturated rings. The molecule has 0 bridgehead atoms. The van der Waals surface area contributed by atoms with Crippen molar-refractivity contribution in [1.82, 2.24) is 9.13 Å². The Morgan fingerprint density at radius 1 is 0.178 bits per heavy atom. The van der Waals surface area contributed by atoms with E-state index >= 15 is 0 Å². The summed E-state index contributed by atoms with van der Waals surface area (Å²) >= 11 is 0. The minimum Gasteiger partial charge on any atom is -0.310 e. The van der Waals surface area contributed by atoms with Gasteiger partial charge in [0, 0.05) is 66.4 Å². The molecule has 0 N–H and O–H groups in total. The molecular weight excluding hydrogens is 1090 g/mol. The van der Waals surface area contributed by atoms with E-state index in [1.807, 2.05) is 0 Å². The van der Waals surface area contributed by atoms with Crippen LogP contribution >= 0.6 is 0 Å². The average molecular weight is 1150 g/mol. The molecule has 0 saturated carbocycles. The largest absolute Gasteiger partial charge is 0.310 e. The first kappa shape index (κ1) is 52.4. The first-order chi connectivity index (χ1) is 44.6. The van der Waals surface area contributed by atoms with E-state index in [4.69, 9.17) is 0 Å². The Bertz CT molecular complexity index is 5160. The van der Waals surface area contributed by atoms with Crippen molar-refractivity contribution in [3.8, 4) is 55.9 Å². The van der Waals surface area contributed by atoms with Crippen molar-refractivity contribution in [2.45, 2.75) is 0 Å². The van der Waals surface area contributed by atoms with Crippen molar-refractivity contribution in [2.24, 2.45) is 0 Å². The maximum atomic E-state index is 2.47. The number of fused-ring (bicyclic) bond motifs is 8. The van der Waals surface area contributed by atoms with Crippen LogP contribution in [0.4, 0.5) is 34.1 Å². The third-order valence-electron chi connectivity index (χ3n) is 18.1. The predicted molar refractivity (Wildman–Crippen MR) is 381 cm³/mol. The fourth-order valence-corrected chi connectivity index (χ4v) is 13.8. The summed E-state index contributed by atoms with van der Waals surface area (Å²) in [7, 11) is 0. The van der Waals surface area contributed by atoms with Gasteiger partial charge in [-0.15, -0.1) is 0 Å². The highest BCUT2D eigenvalue weighted by molar-refractivity contribution is 6.14. The monoisotopic (exact) mass is 1150 g/mol. The van der Waals surface area contributed by atoms with Gasteiger partial charge in [0.25, 0.3) is 0 Å². The van der Waals surface area contributed by atoms with E-state index in [0.717, 1.165) is 78.3 Å². The van der Waals surface area contributed by atoms with Crippen LogP contribution in [0.2, 0.25) is 0 Å². The van der Waals surface area contributed by atoms with Crippen LogP contribution in [-0.4, -0.2) is 9.13 Å². The minimum atomic E-state index is 1.03. The number of benzene rings is 15. The minimum absolute atomic E-state index is 1.03. The molecule has 0 aliphatic rings. The zero-order valence-corrected chi connectivity index (χ0v) is 49.3. The van der Waals surface area contributed by atoms with Crippen molar-refractivity contribution < 1.29 is 0 Å². The Morgan fingerprint density at radius 2 is 0.467 bits per heavy atom. The van der Waals surface area contributed by atoms with Crippen LogP contribution < -0.4 is 9.80 Å². The van der Waals surface area contributed by atoms with E-state index in [9.17, 15) is 0 Å². The molecule has 4 heteroatoms. The summed E-state index contributed by atoms with van der Waals surface area (Å²) in [6.07, 6.45) is 0. The molecule has 0 aliphatic heterocycles. The fraction of sp³-hybridized carbons (Fsp3) is 0. The number of hydrogen-bond donors (Lipinski definition) is 0. The lowest BCUT2D eigenvalue weighted by Crippen LogP contribution is -2.14. The van der Waals surface area contributed by atoms with Crippen molar-refractivity contribution >= 4 is 99.3 Å². The molecule has 0 unspecified atom stereocenters. The number of rotatable bonds is 12. The Hall–Kier alpha value is -12.0. The van der Waals surface area contributed by atoms with Gasteiger partial charge in [0.1, 0.15) is 0 Å². The normalized spacial score (nSPS) is 11.6. The quantitative estimate of drug-likeness (QED) is 0.121. The van der Waals surface area contributed by atoms with E-state index in [0.29, 0.717) is 0 Å². The summed E-state index contributed by atoms with van der Waals surface area (Å²) in [5.74, 6) is 0. The molecule has 0 atom stereocenters. The van der Waals surface area contributed by atoms with Crippen LogP contribution in [0.25, 0.3) is 121 Å². The molecule has 0 saturated heterocycles. The summed E-state index contributed by atoms with van der Waals surface area (Å²) in [6, 6.07) is 129. The molecule has 0 aliphatic carbocycles. The van der Waals surface area contributed by atoms with Crippen molar-refractivity contribution in [2.75, 3.05) is 9.80 Å². The molecule has 2 heterocycles. The third kappa shape index (κ3) is 9.17. The van der Waals surface area contributed by atoms with E-state index in [1.165, 1.54) is 76.8 Å². The smallest absolute Gasteiger partial charge is 0.0542 e. The zero-order valence-electron chi connectivity index (χ0n) is 49.3. The lowest BCUT2D eigenvalue weighted by atomic mass is 10.0. The molecule has 2 aromatic heterocycles. The summed E-state index contributed by atoms with van der Waals surface area (Å²) in [5.41, 5.74) is 22.6. The molecule has 15 aromatic carbocycles. The van der Waals surface area contributed by atoms with Crippen LogP contribution in [0.1, 0.15) is 0 Å². The standard InChI is InChI=1S/C86H58N4/c1-5-20-59(21-6-1)63-38-44-69(45-39-63)89-83-50-42-67(61-24-9-3-10-25-61)54-77(83)79-57-73(48-52-85(79)89)87(81-36-17-30-65-28-13-15-34-75(65)81)71-32-19-33-72(56-71)88(82-37-18-31-66-29-14-16-35-76(66)82)74-49-53-86-80(58-74)78-55-68(62-26-11-4-12-27-62)43-51-84(78)90(86)70-46-40-64(41-47-70)60-22-7-2-8-23-60/h1-58H. The van der Waals surface area contributed by atoms with Gasteiger partial charge in [-0.05, 0) is 171 Å². The lowest BCUT2D eigenvalue weighted by molar-refractivity contribution is 1.18. The third-order valence-corrected chi connectivity index (χ3v) is 18.1. The van der Waals surface area contributed by atoms with Gasteiger partial charge in [0.05, 0.1) is 33.4 Å². The van der Waals surface area contributed by atoms with Gasteiger partial charge in [-0.1, -0.05) is 237 Å². The second kappa shape index (κ2) is 22.1. The molecule has 422 valence electrons. The summed E-state index contributed by atoms with van der Waals surface area (Å²) in [5, 5.41) is 9.38. The Morgan fingerprint density at radius 3 is 0.867 bits per heavy atom. The van der Waals surface area contributed by atoms with Crippen molar-refractivity contribution in [3.63, 3.8) is 0 Å². The maximum Gasteiger partial charge on any atom is 0.0542 e. The molecular formula is C86H58N4. The topological polar surface area (TPSA) is 16.3 Å². The zero-order chi connectivity index (χ0) is 59.5. The second-order valence-electron chi connectivity index (χ2n) is 23.3. The van der Waals surface area contributed by atoms with Crippen molar-refractivity contribution in [3.05, 3.63) is 352 Å². The van der Waals surface area contributed by atoms with Gasteiger partial charge >= 0.3 is 0 Å². The SMILES string of the molecule is c1ccc(-c2ccc(-n3c4ccc(-c5ccccc5)cc4c4cc(N(c5cccc(N(c6ccc7c(c6)c6cc(-c8ccccc8)ccc6n7-c6ccc(-c7ccccc7)cc6)c6cccc7ccccc67)c5)c5cccc6ccccc56)ccc43)cc2)cc1. The molecule has 4 nitrogen and oxygen atoms in total. The van der Waals surface area contributed by atoms with Crippen LogP contribution in [0.3, 0.4) is 0 Å². The predicted octanol–water partition coefficient (Wildman–Crippen LogP) is 23.8. The van der Waals surface area contributed by atoms with Gasteiger partial charge < -0.3 is 18.9 Å². The average Bonchev–Trinajstić information content (AvgIpc) is 1.69. The van der Waals surface area contributed by atoms with Crippen LogP contribution in [0.5, 0.6) is 0 Å². The van der Waals surface area contributed by atoms with Gasteiger partial charge in [0.15, 0.2) is 0 Å². The molecule has 90 heavy (non-hydrogen) atoms. The van der Waals surface area contributed by atoms with Crippen molar-refractivity contribution in [1.29, 1.82) is 0 Å². The van der Waals surface area contributed by atoms with Crippen LogP contribution in [0.15, 0.2) is 352 Å². The Kier molecular flexibility index (Phi) is 12.8. The number of anilines is 6. The Balaban J connectivity index is 0.868. The molecule has 17 aromatic rings. The highest BCUT2D eigenvalue weighted by Crippen LogP contribution is 2.48. The van der Waals surface area contributed by atoms with E-state index < -0.39 is 0 Å². The van der Waals surface area contributed by atoms with E-state index in [1.54, 1.807) is 0 Å². The second-order valence-corrected chi connectivity index (χ2v) is 23.3. The van der Waals surface area contributed by atoms with Gasteiger partial charge in [-0.25, -0.2) is 0 Å². The first-order valence-electron chi connectivity index (χ1n) is 30.9. The Labute approximate surface area is 522 Å². The number of hydrogen-bond acceptors (Lipinski definition) is 2. The summed E-state index contributed by atoms with van der Waals surface area (Å²) in [4.78, 5) is 4.94. The highest BCUT2D eigenvalue weighted by Gasteiger charge is 2.24. The van der Waals surface area contributed by atoms with E-state index in [-0.39, 0.29) is 0 Å². The summed E-state index contributed by atoms with van der Waals surface area (Å²) < 4.78 is 4.86. The molecule has 0 radical (unpaired) electrons. The lowest BCUT2D eigenvalue weighted by Gasteiger charge is -2.30.